The summed E-state index contributed by atoms with van der Waals surface area (Å²) < 4.78 is 5.79. The molecule has 1 aliphatic rings. The molecule has 0 aliphatic carbocycles. The molecule has 0 radical (unpaired) electrons. The minimum atomic E-state index is -0.975. The van der Waals surface area contributed by atoms with Crippen LogP contribution in [-0.4, -0.2) is 29.3 Å². The molecule has 0 saturated heterocycles. The Kier molecular flexibility index (Phi) is 3.41. The molecule has 1 aromatic carbocycles. The Balaban J connectivity index is 2.47. The van der Waals surface area contributed by atoms with Gasteiger partial charge in [0.05, 0.1) is 12.2 Å². The molecule has 1 aliphatic heterocycles. The first-order chi connectivity index (χ1) is 8.86. The van der Waals surface area contributed by atoms with Gasteiger partial charge in [-0.25, -0.2) is 4.79 Å². The molecule has 104 valence electrons. The van der Waals surface area contributed by atoms with Crippen LogP contribution in [0.3, 0.4) is 0 Å². The van der Waals surface area contributed by atoms with Crippen molar-refractivity contribution in [2.45, 2.75) is 39.0 Å². The maximum atomic E-state index is 11.5. The van der Waals surface area contributed by atoms with E-state index >= 15 is 0 Å². The number of aliphatic carboxylic acids is 1. The minimum absolute atomic E-state index is 0.0563. The van der Waals surface area contributed by atoms with E-state index in [9.17, 15) is 9.90 Å². The van der Waals surface area contributed by atoms with Gasteiger partial charge in [0, 0.05) is 6.54 Å². The predicted octanol–water partition coefficient (Wildman–Crippen LogP) is 1.60. The summed E-state index contributed by atoms with van der Waals surface area (Å²) in [5.74, 6) is -0.147. The second kappa shape index (κ2) is 4.74. The number of hydrogen-bond acceptors (Lipinski definition) is 4. The summed E-state index contributed by atoms with van der Waals surface area (Å²) in [7, 11) is 0. The van der Waals surface area contributed by atoms with E-state index in [0.717, 1.165) is 11.3 Å². The Morgan fingerprint density at radius 2 is 2.26 bits per heavy atom. The van der Waals surface area contributed by atoms with Crippen LogP contribution in [0.5, 0.6) is 5.75 Å². The number of carboxylic acid groups (broad SMARTS) is 1. The molecule has 5 nitrogen and oxygen atoms in total. The third-order valence-corrected chi connectivity index (χ3v) is 3.52. The van der Waals surface area contributed by atoms with Gasteiger partial charge in [0.1, 0.15) is 17.4 Å². The van der Waals surface area contributed by atoms with Crippen LogP contribution < -0.4 is 15.4 Å². The van der Waals surface area contributed by atoms with Gasteiger partial charge in [0.25, 0.3) is 0 Å². The van der Waals surface area contributed by atoms with Crippen LogP contribution in [-0.2, 0) is 11.3 Å². The van der Waals surface area contributed by atoms with Crippen molar-refractivity contribution in [1.29, 1.82) is 0 Å². The first kappa shape index (κ1) is 13.7. The Hall–Kier alpha value is -1.75. The van der Waals surface area contributed by atoms with E-state index in [0.29, 0.717) is 18.8 Å². The average molecular weight is 264 g/mol. The van der Waals surface area contributed by atoms with Crippen LogP contribution in [0.2, 0.25) is 0 Å². The Bertz CT molecular complexity index is 499. The molecule has 0 aromatic heterocycles. The van der Waals surface area contributed by atoms with Gasteiger partial charge in [-0.3, -0.25) is 0 Å². The average Bonchev–Trinajstić information content (AvgIpc) is 2.36. The van der Waals surface area contributed by atoms with Crippen molar-refractivity contribution in [2.24, 2.45) is 5.73 Å². The molecule has 5 heteroatoms. The smallest absolute Gasteiger partial charge is 0.328 e. The highest BCUT2D eigenvalue weighted by molar-refractivity contribution is 5.84. The highest BCUT2D eigenvalue weighted by Gasteiger charge is 2.39. The Morgan fingerprint density at radius 1 is 1.58 bits per heavy atom. The largest absolute Gasteiger partial charge is 0.487 e. The third kappa shape index (κ3) is 2.38. The lowest BCUT2D eigenvalue weighted by molar-refractivity contribution is -0.142. The van der Waals surface area contributed by atoms with Crippen molar-refractivity contribution < 1.29 is 14.6 Å². The number of carboxylic acids is 1. The topological polar surface area (TPSA) is 75.8 Å². The fourth-order valence-corrected chi connectivity index (χ4v) is 2.26. The van der Waals surface area contributed by atoms with E-state index in [1.165, 1.54) is 0 Å². The van der Waals surface area contributed by atoms with Crippen LogP contribution in [0.1, 0.15) is 26.3 Å². The van der Waals surface area contributed by atoms with E-state index in [4.69, 9.17) is 10.5 Å². The van der Waals surface area contributed by atoms with E-state index < -0.39 is 11.5 Å². The van der Waals surface area contributed by atoms with Gasteiger partial charge in [-0.1, -0.05) is 6.07 Å². The number of hydrogen-bond donors (Lipinski definition) is 2. The fraction of sp³-hybridized carbons (Fsp3) is 0.500. The maximum absolute atomic E-state index is 11.5. The number of carbonyl (C=O) groups is 1. The molecule has 3 N–H and O–H groups in total. The van der Waals surface area contributed by atoms with Gasteiger partial charge < -0.3 is 20.5 Å². The molecule has 1 unspecified atom stereocenters. The number of nitrogens with zero attached hydrogens (tertiary/aromatic N) is 1. The van der Waals surface area contributed by atoms with Crippen molar-refractivity contribution in [2.75, 3.05) is 11.4 Å². The van der Waals surface area contributed by atoms with Crippen LogP contribution in [0.25, 0.3) is 0 Å². The number of nitrogens with two attached hydrogens (primary N) is 1. The summed E-state index contributed by atoms with van der Waals surface area (Å²) in [6.45, 7) is 6.33. The summed E-state index contributed by atoms with van der Waals surface area (Å²) in [4.78, 5) is 13.3. The van der Waals surface area contributed by atoms with Gasteiger partial charge in [-0.15, -0.1) is 0 Å². The monoisotopic (exact) mass is 264 g/mol. The van der Waals surface area contributed by atoms with Gasteiger partial charge in [0.15, 0.2) is 0 Å². The summed E-state index contributed by atoms with van der Waals surface area (Å²) in [6, 6.07) is 5.67. The van der Waals surface area contributed by atoms with E-state index in [1.54, 1.807) is 13.8 Å². The molecule has 1 heterocycles. The van der Waals surface area contributed by atoms with Gasteiger partial charge in [-0.05, 0) is 38.5 Å². The van der Waals surface area contributed by atoms with Gasteiger partial charge in [-0.2, -0.15) is 0 Å². The van der Waals surface area contributed by atoms with Crippen LogP contribution >= 0.6 is 0 Å². The number of ether oxygens (including phenoxy) is 1. The summed E-state index contributed by atoms with van der Waals surface area (Å²) in [5, 5.41) is 9.40. The summed E-state index contributed by atoms with van der Waals surface area (Å²) >= 11 is 0. The second-order valence-corrected chi connectivity index (χ2v) is 5.41. The SMILES string of the molecule is CC1CN(C(C)(C)C(=O)O)c2ccc(CN)cc2O1. The highest BCUT2D eigenvalue weighted by atomic mass is 16.5. The van der Waals surface area contributed by atoms with Crippen molar-refractivity contribution in [3.05, 3.63) is 23.8 Å². The molecule has 1 atom stereocenters. The van der Waals surface area contributed by atoms with Gasteiger partial charge in [0.2, 0.25) is 0 Å². The lowest BCUT2D eigenvalue weighted by Crippen LogP contribution is -2.55. The van der Waals surface area contributed by atoms with E-state index in [1.807, 2.05) is 30.0 Å². The third-order valence-electron chi connectivity index (χ3n) is 3.52. The normalized spacial score (nSPS) is 18.7. The quantitative estimate of drug-likeness (QED) is 0.867. The summed E-state index contributed by atoms with van der Waals surface area (Å²) in [5.41, 5.74) is 6.43. The zero-order valence-corrected chi connectivity index (χ0v) is 11.5. The first-order valence-electron chi connectivity index (χ1n) is 6.37. The minimum Gasteiger partial charge on any atom is -0.487 e. The molecule has 19 heavy (non-hydrogen) atoms. The molecule has 0 saturated carbocycles. The van der Waals surface area contributed by atoms with E-state index in [-0.39, 0.29) is 6.10 Å². The fourth-order valence-electron chi connectivity index (χ4n) is 2.26. The second-order valence-electron chi connectivity index (χ2n) is 5.41. The first-order valence-corrected chi connectivity index (χ1v) is 6.37. The highest BCUT2D eigenvalue weighted by Crippen LogP contribution is 2.38. The number of rotatable bonds is 3. The van der Waals surface area contributed by atoms with Gasteiger partial charge >= 0.3 is 5.97 Å². The maximum Gasteiger partial charge on any atom is 0.328 e. The zero-order valence-electron chi connectivity index (χ0n) is 11.5. The zero-order chi connectivity index (χ0) is 14.2. The molecule has 2 rings (SSSR count). The molecular formula is C14H20N2O3. The van der Waals surface area contributed by atoms with Crippen LogP contribution in [0.15, 0.2) is 18.2 Å². The predicted molar refractivity (Wildman–Crippen MR) is 73.5 cm³/mol. The standard InChI is InChI=1S/C14H20N2O3/c1-9-8-16(14(2,3)13(17)18)11-5-4-10(7-15)6-12(11)19-9/h4-6,9H,7-8,15H2,1-3H3,(H,17,18). The number of benzene rings is 1. The van der Waals surface area contributed by atoms with Crippen molar-refractivity contribution in [3.8, 4) is 5.75 Å². The Morgan fingerprint density at radius 3 is 2.84 bits per heavy atom. The lowest BCUT2D eigenvalue weighted by atomic mass is 9.99. The molecule has 0 amide bonds. The lowest BCUT2D eigenvalue weighted by Gasteiger charge is -2.42. The molecule has 0 spiro atoms. The number of fused-ring (bicyclic) bond motifs is 1. The molecule has 0 bridgehead atoms. The van der Waals surface area contributed by atoms with Crippen molar-refractivity contribution in [3.63, 3.8) is 0 Å². The van der Waals surface area contributed by atoms with Crippen LogP contribution in [0, 0.1) is 0 Å². The van der Waals surface area contributed by atoms with Crippen molar-refractivity contribution >= 4 is 11.7 Å². The Labute approximate surface area is 113 Å². The molecular weight excluding hydrogens is 244 g/mol. The van der Waals surface area contributed by atoms with E-state index in [2.05, 4.69) is 0 Å². The number of anilines is 1. The van der Waals surface area contributed by atoms with Crippen LogP contribution in [0.4, 0.5) is 5.69 Å². The molecule has 1 aromatic rings. The van der Waals surface area contributed by atoms with Crippen molar-refractivity contribution in [1.82, 2.24) is 0 Å². The molecule has 0 fully saturated rings. The summed E-state index contributed by atoms with van der Waals surface area (Å²) in [6.07, 6.45) is -0.0563.